The first-order valence-electron chi connectivity index (χ1n) is 12.3. The molecular formula is C29H24N4O5S. The lowest BCUT2D eigenvalue weighted by molar-refractivity contribution is -0.120. The first-order chi connectivity index (χ1) is 18.9. The molecule has 0 fully saturated rings. The molecule has 0 saturated heterocycles. The van der Waals surface area contributed by atoms with Gasteiger partial charge < -0.3 is 23.9 Å². The average molecular weight is 541 g/mol. The fourth-order valence-corrected chi connectivity index (χ4v) is 5.80. The molecule has 39 heavy (non-hydrogen) atoms. The minimum absolute atomic E-state index is 0.0955. The van der Waals surface area contributed by atoms with Gasteiger partial charge in [0.15, 0.2) is 0 Å². The van der Waals surface area contributed by atoms with Crippen molar-refractivity contribution in [2.45, 2.75) is 18.9 Å². The molecule has 0 unspecified atom stereocenters. The van der Waals surface area contributed by atoms with Crippen molar-refractivity contribution < 1.29 is 23.5 Å². The van der Waals surface area contributed by atoms with E-state index in [4.69, 9.17) is 9.15 Å². The number of rotatable bonds is 6. The third kappa shape index (κ3) is 4.38. The van der Waals surface area contributed by atoms with Crippen LogP contribution in [0.4, 0.5) is 5.69 Å². The van der Waals surface area contributed by atoms with Crippen LogP contribution in [0.15, 0.2) is 76.8 Å². The lowest BCUT2D eigenvalue weighted by atomic mass is 10.1. The van der Waals surface area contributed by atoms with Crippen molar-refractivity contribution in [2.75, 3.05) is 19.1 Å². The van der Waals surface area contributed by atoms with Crippen molar-refractivity contribution in [3.63, 3.8) is 0 Å². The summed E-state index contributed by atoms with van der Waals surface area (Å²) in [6.07, 6.45) is 4.20. The van der Waals surface area contributed by atoms with Crippen LogP contribution in [0.5, 0.6) is 0 Å². The molecule has 1 aliphatic heterocycles. The zero-order chi connectivity index (χ0) is 27.1. The molecule has 0 bridgehead atoms. The van der Waals surface area contributed by atoms with Gasteiger partial charge in [-0.2, -0.15) is 0 Å². The standard InChI is InChI=1S/C29H24N4O5S/c1-32-21-9-6-10-22-24(21)18(16-33(22)23-11-12-39-25(23)29(36)37-2)14-20(28(32)35)31-26(34)27-30-15-19(38-27)13-17-7-4-3-5-8-17/h3-12,15-16,20H,13-14H2,1-2H3,(H,31,34)/t20-/m0/s1. The molecular weight excluding hydrogens is 516 g/mol. The van der Waals surface area contributed by atoms with Crippen LogP contribution in [-0.4, -0.2) is 47.5 Å². The minimum atomic E-state index is -0.846. The van der Waals surface area contributed by atoms with Crippen LogP contribution in [0.3, 0.4) is 0 Å². The minimum Gasteiger partial charge on any atom is -0.465 e. The number of thiophene rings is 1. The highest BCUT2D eigenvalue weighted by atomic mass is 32.1. The quantitative estimate of drug-likeness (QED) is 0.321. The summed E-state index contributed by atoms with van der Waals surface area (Å²) in [6.45, 7) is 0. The number of oxazole rings is 1. The second-order valence-electron chi connectivity index (χ2n) is 9.24. The van der Waals surface area contributed by atoms with E-state index in [2.05, 4.69) is 10.3 Å². The van der Waals surface area contributed by atoms with Gasteiger partial charge in [0.25, 0.3) is 5.89 Å². The molecule has 5 aromatic rings. The lowest BCUT2D eigenvalue weighted by Crippen LogP contribution is -2.48. The Morgan fingerprint density at radius 1 is 1.13 bits per heavy atom. The molecule has 1 aliphatic rings. The van der Waals surface area contributed by atoms with Gasteiger partial charge in [0, 0.05) is 31.5 Å². The third-order valence-electron chi connectivity index (χ3n) is 6.85. The lowest BCUT2D eigenvalue weighted by Gasteiger charge is -2.22. The number of methoxy groups -OCH3 is 1. The van der Waals surface area contributed by atoms with E-state index in [1.165, 1.54) is 24.6 Å². The molecule has 2 aromatic carbocycles. The highest BCUT2D eigenvalue weighted by molar-refractivity contribution is 7.12. The van der Waals surface area contributed by atoms with Gasteiger partial charge in [-0.1, -0.05) is 36.4 Å². The highest BCUT2D eigenvalue weighted by Gasteiger charge is 2.33. The number of carbonyl (C=O) groups excluding carboxylic acids is 3. The highest BCUT2D eigenvalue weighted by Crippen LogP contribution is 2.37. The molecule has 196 valence electrons. The maximum atomic E-state index is 13.5. The number of nitrogens with zero attached hydrogens (tertiary/aromatic N) is 3. The van der Waals surface area contributed by atoms with Crippen LogP contribution < -0.4 is 10.2 Å². The SMILES string of the molecule is COC(=O)c1sccc1-n1cc2c3c(cccc31)N(C)C(=O)[C@@H](NC(=O)c1ncc(Cc3ccccc3)o1)C2. The largest absolute Gasteiger partial charge is 0.465 e. The van der Waals surface area contributed by atoms with Crippen LogP contribution in [0.25, 0.3) is 16.6 Å². The molecule has 0 spiro atoms. The summed E-state index contributed by atoms with van der Waals surface area (Å²) in [5.41, 5.74) is 4.16. The number of hydrogen-bond donors (Lipinski definition) is 1. The predicted octanol–water partition coefficient (Wildman–Crippen LogP) is 4.37. The predicted molar refractivity (Wildman–Crippen MR) is 147 cm³/mol. The van der Waals surface area contributed by atoms with Crippen molar-refractivity contribution in [3.8, 4) is 5.69 Å². The number of amides is 2. The zero-order valence-corrected chi connectivity index (χ0v) is 22.0. The molecule has 6 rings (SSSR count). The summed E-state index contributed by atoms with van der Waals surface area (Å²) in [5, 5.41) is 5.55. The monoisotopic (exact) mass is 540 g/mol. The Morgan fingerprint density at radius 2 is 1.95 bits per heavy atom. The molecule has 0 aliphatic carbocycles. The van der Waals surface area contributed by atoms with Gasteiger partial charge in [0.2, 0.25) is 5.91 Å². The number of nitrogens with one attached hydrogen (secondary N) is 1. The van der Waals surface area contributed by atoms with E-state index < -0.39 is 17.9 Å². The summed E-state index contributed by atoms with van der Waals surface area (Å²) >= 11 is 1.30. The molecule has 1 atom stereocenters. The van der Waals surface area contributed by atoms with E-state index in [-0.39, 0.29) is 18.2 Å². The Hall–Kier alpha value is -4.70. The Balaban J connectivity index is 1.31. The summed E-state index contributed by atoms with van der Waals surface area (Å²) < 4.78 is 12.6. The van der Waals surface area contributed by atoms with Gasteiger partial charge in [0.1, 0.15) is 16.7 Å². The first-order valence-corrected chi connectivity index (χ1v) is 13.2. The number of aromatic nitrogens is 2. The summed E-state index contributed by atoms with van der Waals surface area (Å²) in [5.74, 6) is -0.767. The maximum absolute atomic E-state index is 13.5. The molecule has 1 N–H and O–H groups in total. The van der Waals surface area contributed by atoms with Crippen LogP contribution in [0.1, 0.15) is 37.2 Å². The van der Waals surface area contributed by atoms with Crippen LogP contribution in [-0.2, 0) is 22.4 Å². The number of benzene rings is 2. The summed E-state index contributed by atoms with van der Waals surface area (Å²) in [7, 11) is 3.05. The van der Waals surface area contributed by atoms with Crippen molar-refractivity contribution in [2.24, 2.45) is 0 Å². The van der Waals surface area contributed by atoms with Crippen LogP contribution in [0, 0.1) is 0 Å². The maximum Gasteiger partial charge on any atom is 0.350 e. The number of ether oxygens (including phenoxy) is 1. The van der Waals surface area contributed by atoms with E-state index >= 15 is 0 Å². The van der Waals surface area contributed by atoms with Gasteiger partial charge in [-0.3, -0.25) is 9.59 Å². The van der Waals surface area contributed by atoms with E-state index in [1.54, 1.807) is 11.9 Å². The van der Waals surface area contributed by atoms with Crippen LogP contribution in [0.2, 0.25) is 0 Å². The van der Waals surface area contributed by atoms with Crippen molar-refractivity contribution in [1.29, 1.82) is 0 Å². The van der Waals surface area contributed by atoms with Crippen molar-refractivity contribution in [3.05, 3.63) is 100 Å². The number of likely N-dealkylation sites (N-methyl/N-ethyl adjacent to an activating group) is 1. The average Bonchev–Trinajstić information content (AvgIpc) is 3.69. The number of carbonyl (C=O) groups is 3. The fraction of sp³-hybridized carbons (Fsp3) is 0.172. The van der Waals surface area contributed by atoms with Gasteiger partial charge in [-0.05, 0) is 34.7 Å². The van der Waals surface area contributed by atoms with E-state index in [0.29, 0.717) is 22.7 Å². The van der Waals surface area contributed by atoms with Crippen LogP contribution >= 0.6 is 11.3 Å². The Kier molecular flexibility index (Phi) is 6.24. The van der Waals surface area contributed by atoms with E-state index in [9.17, 15) is 14.4 Å². The number of hydrogen-bond acceptors (Lipinski definition) is 7. The molecule has 4 heterocycles. The third-order valence-corrected chi connectivity index (χ3v) is 7.73. The zero-order valence-electron chi connectivity index (χ0n) is 21.2. The van der Waals surface area contributed by atoms with Gasteiger partial charge in [-0.15, -0.1) is 11.3 Å². The van der Waals surface area contributed by atoms with E-state index in [0.717, 1.165) is 27.7 Å². The second kappa shape index (κ2) is 9.88. The Bertz CT molecular complexity index is 1720. The molecule has 0 radical (unpaired) electrons. The second-order valence-corrected chi connectivity index (χ2v) is 10.2. The Labute approximate surface area is 227 Å². The molecule has 0 saturated carbocycles. The van der Waals surface area contributed by atoms with E-state index in [1.807, 2.05) is 70.7 Å². The normalized spacial score (nSPS) is 14.9. The molecule has 2 amide bonds. The molecule has 3 aromatic heterocycles. The van der Waals surface area contributed by atoms with Gasteiger partial charge in [-0.25, -0.2) is 9.78 Å². The van der Waals surface area contributed by atoms with Crippen molar-refractivity contribution in [1.82, 2.24) is 14.9 Å². The van der Waals surface area contributed by atoms with Crippen molar-refractivity contribution >= 4 is 45.7 Å². The summed E-state index contributed by atoms with van der Waals surface area (Å²) in [6, 6.07) is 16.4. The number of anilines is 1. The summed E-state index contributed by atoms with van der Waals surface area (Å²) in [4.78, 5) is 45.1. The molecule has 10 heteroatoms. The smallest absolute Gasteiger partial charge is 0.350 e. The van der Waals surface area contributed by atoms with Gasteiger partial charge in [0.05, 0.1) is 30.2 Å². The van der Waals surface area contributed by atoms with Gasteiger partial charge >= 0.3 is 11.9 Å². The first kappa shape index (κ1) is 24.6. The number of esters is 1. The topological polar surface area (TPSA) is 107 Å². The molecule has 9 nitrogen and oxygen atoms in total. The Morgan fingerprint density at radius 3 is 2.74 bits per heavy atom. The fourth-order valence-electron chi connectivity index (χ4n) is 5.00.